The Kier molecular flexibility index (Phi) is 7.74. The molecule has 1 unspecified atom stereocenters. The molecule has 0 saturated carbocycles. The summed E-state index contributed by atoms with van der Waals surface area (Å²) in [5.74, 6) is -5.04. The highest BCUT2D eigenvalue weighted by Gasteiger charge is 2.54. The van der Waals surface area contributed by atoms with Crippen molar-refractivity contribution in [3.63, 3.8) is 0 Å². The fraction of sp³-hybridized carbons (Fsp3) is 0.318. The largest absolute Gasteiger partial charge is 0.545 e. The summed E-state index contributed by atoms with van der Waals surface area (Å²) in [6.07, 6.45) is 2.98. The van der Waals surface area contributed by atoms with Crippen molar-refractivity contribution in [3.05, 3.63) is 47.2 Å². The molecule has 40 heavy (non-hydrogen) atoms. The number of hydrogen-bond donors (Lipinski definition) is 4. The van der Waals surface area contributed by atoms with Gasteiger partial charge in [-0.15, -0.1) is 11.8 Å². The molecule has 0 aliphatic carbocycles. The predicted octanol–water partition coefficient (Wildman–Crippen LogP) is -2.81. The molecule has 0 spiro atoms. The van der Waals surface area contributed by atoms with Gasteiger partial charge >= 0.3 is 5.97 Å². The number of carbonyl (C=O) groups excluding carboxylic acids is 4. The van der Waals surface area contributed by atoms with Crippen LogP contribution < -0.4 is 26.5 Å². The van der Waals surface area contributed by atoms with Crippen LogP contribution in [-0.4, -0.2) is 77.5 Å². The maximum absolute atomic E-state index is 13.1. The number of nitrogens with one attached hydrogen (secondary N) is 1. The quantitative estimate of drug-likeness (QED) is 0.0948. The standard InChI is InChI=1S/C22H22N8O8S2/c1-22(2,20(36)37)38-27-11(15-26-21(24)40-28-15)16(32)25-12-17(33)30-13(14(23)31)10(8-39-18(12)30)7-29-5-3-9(4-6-29)19(34)35/h3-6,12,18H,7-8H2,1-2H3,(H6-,23,24,25,26,28,31,32,34,35,36,37)/t12?,18-/m0/s1. The second kappa shape index (κ2) is 10.9. The average molecular weight is 591 g/mol. The maximum atomic E-state index is 13.1. The molecule has 4 rings (SSSR count). The van der Waals surface area contributed by atoms with Gasteiger partial charge in [-0.05, 0) is 13.8 Å². The van der Waals surface area contributed by atoms with Gasteiger partial charge in [-0.2, -0.15) is 9.36 Å². The van der Waals surface area contributed by atoms with Gasteiger partial charge in [-0.25, -0.2) is 9.36 Å². The average Bonchev–Trinajstić information content (AvgIpc) is 3.32. The summed E-state index contributed by atoms with van der Waals surface area (Å²) in [7, 11) is 0. The highest BCUT2D eigenvalue weighted by atomic mass is 32.2. The van der Waals surface area contributed by atoms with Crippen LogP contribution in [0.15, 0.2) is 41.0 Å². The minimum absolute atomic E-state index is 0.0117. The van der Waals surface area contributed by atoms with Crippen molar-refractivity contribution in [1.29, 1.82) is 0 Å². The Balaban J connectivity index is 1.54. The summed E-state index contributed by atoms with van der Waals surface area (Å²) in [6, 6.07) is 1.59. The first-order valence-corrected chi connectivity index (χ1v) is 13.2. The molecule has 0 bridgehead atoms. The zero-order valence-electron chi connectivity index (χ0n) is 20.9. The topological polar surface area (TPSA) is 247 Å². The number of rotatable bonds is 10. The molecule has 1 fully saturated rings. The van der Waals surface area contributed by atoms with Crippen molar-refractivity contribution in [2.45, 2.75) is 37.4 Å². The predicted molar refractivity (Wildman–Crippen MR) is 136 cm³/mol. The van der Waals surface area contributed by atoms with Crippen LogP contribution >= 0.6 is 23.3 Å². The van der Waals surface area contributed by atoms with Crippen LogP contribution in [0.25, 0.3) is 0 Å². The lowest BCUT2D eigenvalue weighted by atomic mass is 10.0. The van der Waals surface area contributed by atoms with Crippen LogP contribution in [0, 0.1) is 0 Å². The first-order valence-electron chi connectivity index (χ1n) is 11.4. The summed E-state index contributed by atoms with van der Waals surface area (Å²) >= 11 is 2.03. The van der Waals surface area contributed by atoms with Crippen molar-refractivity contribution in [2.75, 3.05) is 11.5 Å². The number of pyridine rings is 1. The lowest BCUT2D eigenvalue weighted by Crippen LogP contribution is -2.71. The number of aromatic nitrogens is 3. The van der Waals surface area contributed by atoms with Crippen molar-refractivity contribution in [2.24, 2.45) is 10.9 Å². The van der Waals surface area contributed by atoms with Gasteiger partial charge in [0, 0.05) is 40.6 Å². The minimum atomic E-state index is -1.80. The van der Waals surface area contributed by atoms with E-state index >= 15 is 0 Å². The number of oxime groups is 1. The van der Waals surface area contributed by atoms with E-state index in [4.69, 9.17) is 16.3 Å². The molecular weight excluding hydrogens is 568 g/mol. The first-order chi connectivity index (χ1) is 18.8. The lowest BCUT2D eigenvalue weighted by Gasteiger charge is -2.49. The number of β-lactam (4-membered cyclic amide) rings is 1. The number of fused-ring (bicyclic) bond motifs is 1. The van der Waals surface area contributed by atoms with Gasteiger partial charge in [-0.1, -0.05) is 5.16 Å². The van der Waals surface area contributed by atoms with Crippen LogP contribution in [0.2, 0.25) is 0 Å². The molecule has 2 aliphatic heterocycles. The molecule has 1 saturated heterocycles. The van der Waals surface area contributed by atoms with E-state index in [0.29, 0.717) is 5.57 Å². The van der Waals surface area contributed by atoms with E-state index < -0.39 is 52.4 Å². The van der Waals surface area contributed by atoms with Gasteiger partial charge < -0.3 is 36.6 Å². The molecule has 16 nitrogen and oxygen atoms in total. The fourth-order valence-electron chi connectivity index (χ4n) is 3.69. The summed E-state index contributed by atoms with van der Waals surface area (Å²) in [5.41, 5.74) is 9.39. The monoisotopic (exact) mass is 590 g/mol. The second-order valence-corrected chi connectivity index (χ2v) is 10.9. The van der Waals surface area contributed by atoms with Crippen LogP contribution in [0.5, 0.6) is 0 Å². The molecule has 2 aromatic heterocycles. The number of carboxylic acids is 2. The van der Waals surface area contributed by atoms with Gasteiger partial charge in [0.1, 0.15) is 17.1 Å². The number of hydrogen-bond acceptors (Lipinski definition) is 13. The zero-order chi connectivity index (χ0) is 29.4. The normalized spacial score (nSPS) is 19.0. The Hall–Kier alpha value is -4.58. The van der Waals surface area contributed by atoms with Crippen molar-refractivity contribution in [1.82, 2.24) is 19.6 Å². The van der Waals surface area contributed by atoms with Crippen molar-refractivity contribution in [3.8, 4) is 0 Å². The number of nitrogens with zero attached hydrogens (tertiary/aromatic N) is 5. The molecule has 0 radical (unpaired) electrons. The SMILES string of the molecule is CC(C)(ON=C(C(=O)NC1C(=O)N2C(C(N)=O)=C(C[n+]3ccc(C(=O)[O-])cc3)CS[C@@H]12)c1nsc(N)n1)C(=O)O. The second-order valence-electron chi connectivity index (χ2n) is 9.03. The van der Waals surface area contributed by atoms with Gasteiger partial charge in [0.15, 0.2) is 24.1 Å². The minimum Gasteiger partial charge on any atom is -0.545 e. The van der Waals surface area contributed by atoms with E-state index in [9.17, 15) is 34.2 Å². The molecule has 4 heterocycles. The number of primary amides is 1. The third-order valence-electron chi connectivity index (χ3n) is 5.82. The third-order valence-corrected chi connectivity index (χ3v) is 7.70. The van der Waals surface area contributed by atoms with E-state index in [1.165, 1.54) is 55.0 Å². The molecule has 6 N–H and O–H groups in total. The number of anilines is 1. The van der Waals surface area contributed by atoms with E-state index in [0.717, 1.165) is 11.5 Å². The Morgan fingerprint density at radius 1 is 1.32 bits per heavy atom. The Morgan fingerprint density at radius 2 is 2.00 bits per heavy atom. The Bertz CT molecular complexity index is 1470. The van der Waals surface area contributed by atoms with Crippen molar-refractivity contribution < 1.29 is 43.6 Å². The number of aliphatic carboxylic acids is 1. The molecule has 3 amide bonds. The van der Waals surface area contributed by atoms with E-state index in [-0.39, 0.29) is 34.5 Å². The van der Waals surface area contributed by atoms with Crippen LogP contribution in [0.1, 0.15) is 30.0 Å². The summed E-state index contributed by atoms with van der Waals surface area (Å²) < 4.78 is 5.53. The summed E-state index contributed by atoms with van der Waals surface area (Å²) in [5, 5.41) is 25.8. The first kappa shape index (κ1) is 28.4. The van der Waals surface area contributed by atoms with Crippen molar-refractivity contribution >= 4 is 63.8 Å². The van der Waals surface area contributed by atoms with E-state index in [1.807, 2.05) is 0 Å². The molecule has 18 heteroatoms. The smallest absolute Gasteiger partial charge is 0.350 e. The number of carboxylic acid groups (broad SMARTS) is 2. The zero-order valence-corrected chi connectivity index (χ0v) is 22.5. The maximum Gasteiger partial charge on any atom is 0.350 e. The number of aromatic carboxylic acids is 1. The van der Waals surface area contributed by atoms with Gasteiger partial charge in [0.05, 0.1) is 5.97 Å². The van der Waals surface area contributed by atoms with Crippen LogP contribution in [-0.2, 0) is 30.6 Å². The molecule has 2 aliphatic rings. The van der Waals surface area contributed by atoms with E-state index in [2.05, 4.69) is 19.8 Å². The summed E-state index contributed by atoms with van der Waals surface area (Å²) in [6.45, 7) is 2.58. The molecule has 2 aromatic rings. The number of nitrogens with two attached hydrogens (primary N) is 2. The molecule has 210 valence electrons. The highest BCUT2D eigenvalue weighted by molar-refractivity contribution is 8.00. The number of thioether (sulfide) groups is 1. The molecular formula is C22H22N8O8S2. The Labute approximate surface area is 233 Å². The van der Waals surface area contributed by atoms with Gasteiger partial charge in [0.25, 0.3) is 17.7 Å². The van der Waals surface area contributed by atoms with Crippen LogP contribution in [0.3, 0.4) is 0 Å². The van der Waals surface area contributed by atoms with Gasteiger partial charge in [0.2, 0.25) is 17.1 Å². The number of amides is 3. The molecule has 2 atom stereocenters. The van der Waals surface area contributed by atoms with E-state index in [1.54, 1.807) is 4.57 Å². The summed E-state index contributed by atoms with van der Waals surface area (Å²) in [4.78, 5) is 71.1. The fourth-order valence-corrected chi connectivity index (χ4v) is 5.46. The Morgan fingerprint density at radius 3 is 2.55 bits per heavy atom. The third kappa shape index (κ3) is 5.57. The van der Waals surface area contributed by atoms with Gasteiger partial charge in [-0.3, -0.25) is 19.3 Å². The highest BCUT2D eigenvalue weighted by Crippen LogP contribution is 2.40. The van der Waals surface area contributed by atoms with Crippen LogP contribution in [0.4, 0.5) is 5.13 Å². The lowest BCUT2D eigenvalue weighted by molar-refractivity contribution is -0.689. The number of nitrogen functional groups attached to an aromatic ring is 1. The molecule has 0 aromatic carbocycles. The number of carbonyl (C=O) groups is 5.